The normalized spacial score (nSPS) is 16.3. The molecule has 1 fully saturated rings. The Labute approximate surface area is 185 Å². The van der Waals surface area contributed by atoms with Crippen LogP contribution in [0.4, 0.5) is 11.6 Å². The molecule has 32 heavy (non-hydrogen) atoms. The number of aromatic nitrogens is 4. The molecule has 0 unspecified atom stereocenters. The molecule has 1 atom stereocenters. The molecule has 8 nitrogen and oxygen atoms in total. The topological polar surface area (TPSA) is 84.7 Å². The molecule has 1 aliphatic rings. The van der Waals surface area contributed by atoms with E-state index in [1.165, 1.54) is 0 Å². The lowest BCUT2D eigenvalue weighted by Gasteiger charge is -2.33. The lowest BCUT2D eigenvalue weighted by molar-refractivity contribution is -0.138. The number of nitrogens with zero attached hydrogens (tertiary/aromatic N) is 5. The molecule has 162 valence electrons. The van der Waals surface area contributed by atoms with Crippen LogP contribution >= 0.6 is 0 Å². The second-order valence-electron chi connectivity index (χ2n) is 7.74. The van der Waals surface area contributed by atoms with Gasteiger partial charge in [-0.2, -0.15) is 0 Å². The van der Waals surface area contributed by atoms with E-state index in [0.717, 1.165) is 28.5 Å². The molecule has 5 rings (SSSR count). The third-order valence-electron chi connectivity index (χ3n) is 5.59. The predicted molar refractivity (Wildman–Crippen MR) is 121 cm³/mol. The average Bonchev–Trinajstić information content (AvgIpc) is 3.15. The Bertz CT molecular complexity index is 1240. The lowest BCUT2D eigenvalue weighted by Crippen LogP contribution is -2.43. The number of carbonyl (C=O) groups is 1. The van der Waals surface area contributed by atoms with E-state index < -0.39 is 0 Å². The summed E-state index contributed by atoms with van der Waals surface area (Å²) in [5, 5.41) is 3.20. The molecule has 8 heteroatoms. The Morgan fingerprint density at radius 2 is 1.97 bits per heavy atom. The molecular weight excluding hydrogens is 404 g/mol. The van der Waals surface area contributed by atoms with Crippen molar-refractivity contribution in [3.05, 3.63) is 84.1 Å². The number of rotatable bonds is 5. The van der Waals surface area contributed by atoms with Gasteiger partial charge in [0.25, 0.3) is 0 Å². The van der Waals surface area contributed by atoms with E-state index >= 15 is 0 Å². The molecule has 5 heterocycles. The highest BCUT2D eigenvalue weighted by atomic mass is 16.5. The Balaban J connectivity index is 1.29. The van der Waals surface area contributed by atoms with Gasteiger partial charge in [-0.05, 0) is 43.3 Å². The van der Waals surface area contributed by atoms with Crippen LogP contribution in [0.5, 0.6) is 0 Å². The molecule has 1 aliphatic heterocycles. The van der Waals surface area contributed by atoms with Crippen LogP contribution < -0.4 is 5.32 Å². The molecule has 0 aliphatic carbocycles. The zero-order chi connectivity index (χ0) is 21.9. The van der Waals surface area contributed by atoms with E-state index in [4.69, 9.17) is 4.74 Å². The van der Waals surface area contributed by atoms with Gasteiger partial charge in [-0.15, -0.1) is 0 Å². The molecule has 0 spiro atoms. The maximum absolute atomic E-state index is 13.1. The van der Waals surface area contributed by atoms with Crippen LogP contribution in [-0.2, 0) is 16.0 Å². The second-order valence-corrected chi connectivity index (χ2v) is 7.74. The van der Waals surface area contributed by atoms with Crippen LogP contribution in [0.3, 0.4) is 0 Å². The van der Waals surface area contributed by atoms with Gasteiger partial charge in [0.15, 0.2) is 0 Å². The standard InChI is InChI=1S/C24H24N6O2/c1-17-19(30-12-5-3-10-23(30)26-17)15-24(31)29-13-14-32-20(16-29)18-7-6-9-22(27-18)28-21-8-2-4-11-25-21/h2-12,20H,13-16H2,1H3,(H,25,27,28)/t20-/m0/s1. The highest BCUT2D eigenvalue weighted by Crippen LogP contribution is 2.24. The molecule has 1 amide bonds. The predicted octanol–water partition coefficient (Wildman–Crippen LogP) is 3.32. The number of carbonyl (C=O) groups excluding carboxylic acids is 1. The average molecular weight is 428 g/mol. The highest BCUT2D eigenvalue weighted by Gasteiger charge is 2.27. The number of aryl methyl sites for hydroxylation is 1. The van der Waals surface area contributed by atoms with Gasteiger partial charge < -0.3 is 19.4 Å². The number of hydrogen-bond donors (Lipinski definition) is 1. The monoisotopic (exact) mass is 428 g/mol. The van der Waals surface area contributed by atoms with Crippen molar-refractivity contribution in [2.24, 2.45) is 0 Å². The molecule has 4 aromatic heterocycles. The Morgan fingerprint density at radius 3 is 2.84 bits per heavy atom. The van der Waals surface area contributed by atoms with Gasteiger partial charge in [-0.3, -0.25) is 4.79 Å². The molecule has 4 aromatic rings. The summed E-state index contributed by atoms with van der Waals surface area (Å²) in [4.78, 5) is 28.5. The first-order chi connectivity index (χ1) is 15.7. The first-order valence-electron chi connectivity index (χ1n) is 10.6. The van der Waals surface area contributed by atoms with E-state index in [2.05, 4.69) is 20.3 Å². The third kappa shape index (κ3) is 4.17. The number of ether oxygens (including phenoxy) is 1. The molecule has 1 saturated heterocycles. The summed E-state index contributed by atoms with van der Waals surface area (Å²) in [6, 6.07) is 17.3. The number of pyridine rings is 3. The first-order valence-corrected chi connectivity index (χ1v) is 10.6. The summed E-state index contributed by atoms with van der Waals surface area (Å²) in [5.41, 5.74) is 3.45. The van der Waals surface area contributed by atoms with Gasteiger partial charge in [0.05, 0.1) is 36.7 Å². The maximum Gasteiger partial charge on any atom is 0.228 e. The number of nitrogens with one attached hydrogen (secondary N) is 1. The number of fused-ring (bicyclic) bond motifs is 1. The summed E-state index contributed by atoms with van der Waals surface area (Å²) < 4.78 is 7.95. The quantitative estimate of drug-likeness (QED) is 0.525. The maximum atomic E-state index is 13.1. The zero-order valence-electron chi connectivity index (χ0n) is 17.8. The van der Waals surface area contributed by atoms with Crippen LogP contribution in [0.25, 0.3) is 5.65 Å². The van der Waals surface area contributed by atoms with Crippen molar-refractivity contribution in [3.8, 4) is 0 Å². The van der Waals surface area contributed by atoms with Crippen molar-refractivity contribution in [2.45, 2.75) is 19.4 Å². The van der Waals surface area contributed by atoms with Crippen molar-refractivity contribution in [3.63, 3.8) is 0 Å². The number of imidazole rings is 1. The molecule has 0 bridgehead atoms. The van der Waals surface area contributed by atoms with Gasteiger partial charge in [-0.25, -0.2) is 15.0 Å². The number of hydrogen-bond acceptors (Lipinski definition) is 6. The van der Waals surface area contributed by atoms with Crippen LogP contribution in [0, 0.1) is 6.92 Å². The first kappa shape index (κ1) is 20.1. The summed E-state index contributed by atoms with van der Waals surface area (Å²) >= 11 is 0. The minimum Gasteiger partial charge on any atom is -0.368 e. The lowest BCUT2D eigenvalue weighted by atomic mass is 10.1. The van der Waals surface area contributed by atoms with Crippen LogP contribution in [0.15, 0.2) is 67.0 Å². The van der Waals surface area contributed by atoms with Gasteiger partial charge in [0.1, 0.15) is 23.4 Å². The van der Waals surface area contributed by atoms with Gasteiger partial charge >= 0.3 is 0 Å². The van der Waals surface area contributed by atoms with Crippen molar-refractivity contribution in [1.29, 1.82) is 0 Å². The molecule has 1 N–H and O–H groups in total. The van der Waals surface area contributed by atoms with Crippen LogP contribution in [0.2, 0.25) is 0 Å². The largest absolute Gasteiger partial charge is 0.368 e. The smallest absolute Gasteiger partial charge is 0.228 e. The Hall–Kier alpha value is -3.78. The van der Waals surface area contributed by atoms with Crippen molar-refractivity contribution in [1.82, 2.24) is 24.3 Å². The summed E-state index contributed by atoms with van der Waals surface area (Å²) in [6.07, 6.45) is 3.70. The van der Waals surface area contributed by atoms with E-state index in [1.54, 1.807) is 6.20 Å². The van der Waals surface area contributed by atoms with Crippen LogP contribution in [0.1, 0.15) is 23.2 Å². The fraction of sp³-hybridized carbons (Fsp3) is 0.250. The second kappa shape index (κ2) is 8.76. The number of morpholine rings is 1. The van der Waals surface area contributed by atoms with E-state index in [9.17, 15) is 4.79 Å². The van der Waals surface area contributed by atoms with Crippen LogP contribution in [-0.4, -0.2) is 49.9 Å². The summed E-state index contributed by atoms with van der Waals surface area (Å²) in [7, 11) is 0. The van der Waals surface area contributed by atoms with E-state index in [1.807, 2.05) is 77.0 Å². The number of anilines is 2. The summed E-state index contributed by atoms with van der Waals surface area (Å²) in [5.74, 6) is 1.48. The minimum absolute atomic E-state index is 0.0646. The molecule has 0 aromatic carbocycles. The summed E-state index contributed by atoms with van der Waals surface area (Å²) in [6.45, 7) is 3.45. The Morgan fingerprint density at radius 1 is 1.09 bits per heavy atom. The molecular formula is C24H24N6O2. The zero-order valence-corrected chi connectivity index (χ0v) is 17.8. The van der Waals surface area contributed by atoms with Gasteiger partial charge in [0, 0.05) is 18.9 Å². The van der Waals surface area contributed by atoms with Crippen molar-refractivity contribution in [2.75, 3.05) is 25.0 Å². The Kier molecular flexibility index (Phi) is 5.51. The molecule has 0 saturated carbocycles. The van der Waals surface area contributed by atoms with E-state index in [0.29, 0.717) is 31.9 Å². The SMILES string of the molecule is Cc1nc2ccccn2c1CC(=O)N1CCO[C@H](c2cccc(Nc3ccccn3)n2)C1. The van der Waals surface area contributed by atoms with E-state index in [-0.39, 0.29) is 12.0 Å². The van der Waals surface area contributed by atoms with Crippen molar-refractivity contribution < 1.29 is 9.53 Å². The van der Waals surface area contributed by atoms with Gasteiger partial charge in [0.2, 0.25) is 5.91 Å². The fourth-order valence-corrected chi connectivity index (χ4v) is 3.96. The highest BCUT2D eigenvalue weighted by molar-refractivity contribution is 5.79. The third-order valence-corrected chi connectivity index (χ3v) is 5.59. The minimum atomic E-state index is -0.276. The number of amides is 1. The fourth-order valence-electron chi connectivity index (χ4n) is 3.96. The van der Waals surface area contributed by atoms with Crippen molar-refractivity contribution >= 4 is 23.2 Å². The van der Waals surface area contributed by atoms with Gasteiger partial charge in [-0.1, -0.05) is 18.2 Å². The molecule has 0 radical (unpaired) electrons.